The molecule has 0 spiro atoms. The van der Waals surface area contributed by atoms with Crippen molar-refractivity contribution < 1.29 is 9.84 Å². The fraction of sp³-hybridized carbons (Fsp3) is 0.182. The van der Waals surface area contributed by atoms with Gasteiger partial charge in [0, 0.05) is 22.7 Å². The molecular formula is C11H11NO2. The number of aryl methyl sites for hydroxylation is 1. The molecule has 2 aromatic rings. The SMILES string of the molecule is COc1ccc(O)c2ccnc(C)c12. The van der Waals surface area contributed by atoms with Gasteiger partial charge in [-0.25, -0.2) is 0 Å². The average Bonchev–Trinajstić information content (AvgIpc) is 2.20. The summed E-state index contributed by atoms with van der Waals surface area (Å²) in [6, 6.07) is 5.15. The Hall–Kier alpha value is -1.77. The van der Waals surface area contributed by atoms with Gasteiger partial charge in [0.25, 0.3) is 0 Å². The van der Waals surface area contributed by atoms with E-state index in [0.717, 1.165) is 22.2 Å². The Kier molecular flexibility index (Phi) is 2.00. The monoisotopic (exact) mass is 189 g/mol. The summed E-state index contributed by atoms with van der Waals surface area (Å²) in [5.41, 5.74) is 0.857. The molecule has 3 nitrogen and oxygen atoms in total. The minimum atomic E-state index is 0.256. The van der Waals surface area contributed by atoms with Crippen molar-refractivity contribution in [2.75, 3.05) is 7.11 Å². The molecule has 0 unspecified atom stereocenters. The maximum Gasteiger partial charge on any atom is 0.128 e. The van der Waals surface area contributed by atoms with E-state index in [4.69, 9.17) is 4.74 Å². The molecule has 3 heteroatoms. The Labute approximate surface area is 82.0 Å². The van der Waals surface area contributed by atoms with Gasteiger partial charge in [-0.1, -0.05) is 0 Å². The van der Waals surface area contributed by atoms with Crippen LogP contribution in [0, 0.1) is 6.92 Å². The van der Waals surface area contributed by atoms with Crippen LogP contribution in [0.15, 0.2) is 24.4 Å². The number of pyridine rings is 1. The molecule has 1 heterocycles. The highest BCUT2D eigenvalue weighted by Gasteiger charge is 2.07. The third-order valence-electron chi connectivity index (χ3n) is 2.28. The molecule has 0 aliphatic heterocycles. The van der Waals surface area contributed by atoms with Crippen LogP contribution in [0.2, 0.25) is 0 Å². The number of aromatic hydroxyl groups is 1. The van der Waals surface area contributed by atoms with Gasteiger partial charge in [-0.05, 0) is 25.1 Å². The van der Waals surface area contributed by atoms with Gasteiger partial charge in [-0.2, -0.15) is 0 Å². The van der Waals surface area contributed by atoms with E-state index in [2.05, 4.69) is 4.98 Å². The van der Waals surface area contributed by atoms with Crippen molar-refractivity contribution in [3.63, 3.8) is 0 Å². The second-order valence-corrected chi connectivity index (χ2v) is 3.11. The summed E-state index contributed by atoms with van der Waals surface area (Å²) in [6.07, 6.45) is 1.68. The molecule has 1 aromatic carbocycles. The summed E-state index contributed by atoms with van der Waals surface area (Å²) >= 11 is 0. The Morgan fingerprint density at radius 3 is 2.79 bits per heavy atom. The molecule has 0 saturated heterocycles. The lowest BCUT2D eigenvalue weighted by Crippen LogP contribution is -1.89. The van der Waals surface area contributed by atoms with Crippen molar-refractivity contribution in [2.45, 2.75) is 6.92 Å². The lowest BCUT2D eigenvalue weighted by atomic mass is 10.1. The van der Waals surface area contributed by atoms with Crippen LogP contribution in [-0.2, 0) is 0 Å². The first-order chi connectivity index (χ1) is 6.74. The van der Waals surface area contributed by atoms with Crippen LogP contribution < -0.4 is 4.74 Å². The topological polar surface area (TPSA) is 42.4 Å². The van der Waals surface area contributed by atoms with Crippen molar-refractivity contribution in [3.8, 4) is 11.5 Å². The fourth-order valence-corrected chi connectivity index (χ4v) is 1.59. The number of fused-ring (bicyclic) bond motifs is 1. The summed E-state index contributed by atoms with van der Waals surface area (Å²) in [5, 5.41) is 11.3. The minimum absolute atomic E-state index is 0.256. The third kappa shape index (κ3) is 1.18. The molecule has 0 bridgehead atoms. The number of aromatic nitrogens is 1. The first kappa shape index (κ1) is 8.81. The molecule has 0 radical (unpaired) electrons. The number of nitrogens with zero attached hydrogens (tertiary/aromatic N) is 1. The van der Waals surface area contributed by atoms with E-state index in [9.17, 15) is 5.11 Å². The summed E-state index contributed by atoms with van der Waals surface area (Å²) in [7, 11) is 1.61. The lowest BCUT2D eigenvalue weighted by molar-refractivity contribution is 0.418. The van der Waals surface area contributed by atoms with Crippen LogP contribution >= 0.6 is 0 Å². The summed E-state index contributed by atoms with van der Waals surface area (Å²) < 4.78 is 5.21. The molecule has 0 saturated carbocycles. The zero-order chi connectivity index (χ0) is 10.1. The largest absolute Gasteiger partial charge is 0.507 e. The van der Waals surface area contributed by atoms with Gasteiger partial charge in [-0.3, -0.25) is 4.98 Å². The first-order valence-electron chi connectivity index (χ1n) is 4.35. The van der Waals surface area contributed by atoms with Crippen molar-refractivity contribution >= 4 is 10.8 Å². The molecule has 1 N–H and O–H groups in total. The minimum Gasteiger partial charge on any atom is -0.507 e. The summed E-state index contributed by atoms with van der Waals surface area (Å²) in [5.74, 6) is 0.995. The normalized spacial score (nSPS) is 10.4. The van der Waals surface area contributed by atoms with Gasteiger partial charge in [0.05, 0.1) is 7.11 Å². The van der Waals surface area contributed by atoms with Gasteiger partial charge in [0.1, 0.15) is 11.5 Å². The Morgan fingerprint density at radius 1 is 1.29 bits per heavy atom. The zero-order valence-corrected chi connectivity index (χ0v) is 8.11. The van der Waals surface area contributed by atoms with Crippen LogP contribution in [0.3, 0.4) is 0 Å². The number of hydrogen-bond acceptors (Lipinski definition) is 3. The molecule has 72 valence electrons. The van der Waals surface area contributed by atoms with Crippen LogP contribution in [0.4, 0.5) is 0 Å². The van der Waals surface area contributed by atoms with E-state index in [1.165, 1.54) is 0 Å². The molecule has 0 atom stereocenters. The molecular weight excluding hydrogens is 178 g/mol. The number of hydrogen-bond donors (Lipinski definition) is 1. The number of phenols is 1. The van der Waals surface area contributed by atoms with Gasteiger partial charge in [-0.15, -0.1) is 0 Å². The predicted molar refractivity (Wildman–Crippen MR) is 54.7 cm³/mol. The number of rotatable bonds is 1. The smallest absolute Gasteiger partial charge is 0.128 e. The standard InChI is InChI=1S/C11H11NO2/c1-7-11-8(5-6-12-7)9(13)3-4-10(11)14-2/h3-6,13H,1-2H3. The van der Waals surface area contributed by atoms with E-state index in [-0.39, 0.29) is 5.75 Å². The number of methoxy groups -OCH3 is 1. The fourth-order valence-electron chi connectivity index (χ4n) is 1.59. The van der Waals surface area contributed by atoms with Crippen molar-refractivity contribution in [2.24, 2.45) is 0 Å². The Morgan fingerprint density at radius 2 is 2.07 bits per heavy atom. The molecule has 14 heavy (non-hydrogen) atoms. The number of benzene rings is 1. The number of phenolic OH excluding ortho intramolecular Hbond substituents is 1. The van der Waals surface area contributed by atoms with E-state index >= 15 is 0 Å². The van der Waals surface area contributed by atoms with Crippen molar-refractivity contribution in [1.29, 1.82) is 0 Å². The number of ether oxygens (including phenoxy) is 1. The van der Waals surface area contributed by atoms with Gasteiger partial charge < -0.3 is 9.84 Å². The Balaban J connectivity index is 2.92. The molecule has 1 aromatic heterocycles. The second kappa shape index (κ2) is 3.18. The molecule has 0 amide bonds. The predicted octanol–water partition coefficient (Wildman–Crippen LogP) is 2.26. The van der Waals surface area contributed by atoms with Gasteiger partial charge in [0.15, 0.2) is 0 Å². The van der Waals surface area contributed by atoms with Crippen molar-refractivity contribution in [1.82, 2.24) is 4.98 Å². The highest BCUT2D eigenvalue weighted by atomic mass is 16.5. The second-order valence-electron chi connectivity index (χ2n) is 3.11. The first-order valence-corrected chi connectivity index (χ1v) is 4.35. The van der Waals surface area contributed by atoms with Crippen LogP contribution in [0.25, 0.3) is 10.8 Å². The quantitative estimate of drug-likeness (QED) is 0.748. The average molecular weight is 189 g/mol. The third-order valence-corrected chi connectivity index (χ3v) is 2.28. The summed E-state index contributed by atoms with van der Waals surface area (Å²) in [4.78, 5) is 4.17. The molecule has 0 fully saturated rings. The molecule has 0 aliphatic carbocycles. The van der Waals surface area contributed by atoms with Crippen LogP contribution in [-0.4, -0.2) is 17.2 Å². The Bertz CT molecular complexity index is 480. The van der Waals surface area contributed by atoms with E-state index in [1.807, 2.05) is 6.92 Å². The zero-order valence-electron chi connectivity index (χ0n) is 8.11. The highest BCUT2D eigenvalue weighted by Crippen LogP contribution is 2.33. The van der Waals surface area contributed by atoms with Crippen LogP contribution in [0.5, 0.6) is 11.5 Å². The van der Waals surface area contributed by atoms with E-state index in [1.54, 1.807) is 31.5 Å². The van der Waals surface area contributed by atoms with Gasteiger partial charge in [0.2, 0.25) is 0 Å². The molecule has 0 aliphatic rings. The van der Waals surface area contributed by atoms with Gasteiger partial charge >= 0.3 is 0 Å². The van der Waals surface area contributed by atoms with E-state index in [0.29, 0.717) is 0 Å². The summed E-state index contributed by atoms with van der Waals surface area (Å²) in [6.45, 7) is 1.89. The van der Waals surface area contributed by atoms with Crippen LogP contribution in [0.1, 0.15) is 5.69 Å². The van der Waals surface area contributed by atoms with E-state index < -0.39 is 0 Å². The molecule has 2 rings (SSSR count). The highest BCUT2D eigenvalue weighted by molar-refractivity contribution is 5.94. The maximum atomic E-state index is 9.63. The lowest BCUT2D eigenvalue weighted by Gasteiger charge is -2.08. The maximum absolute atomic E-state index is 9.63. The van der Waals surface area contributed by atoms with Crippen molar-refractivity contribution in [3.05, 3.63) is 30.1 Å².